The summed E-state index contributed by atoms with van der Waals surface area (Å²) in [5.41, 5.74) is 1.45. The smallest absolute Gasteiger partial charge is 0.270 e. The maximum absolute atomic E-state index is 12.8. The Morgan fingerprint density at radius 1 is 1.17 bits per heavy atom. The molecule has 4 rings (SSSR count). The van der Waals surface area contributed by atoms with Gasteiger partial charge in [0, 0.05) is 47.9 Å². The molecule has 0 radical (unpaired) electrons. The topological polar surface area (TPSA) is 58.3 Å². The summed E-state index contributed by atoms with van der Waals surface area (Å²) < 4.78 is 8.51. The number of benzene rings is 2. The number of aromatic nitrogens is 1. The molecule has 2 heterocycles. The summed E-state index contributed by atoms with van der Waals surface area (Å²) in [6, 6.07) is 15.3. The van der Waals surface area contributed by atoms with Crippen LogP contribution in [0.2, 0.25) is 5.02 Å². The molecule has 1 saturated heterocycles. The molecule has 0 bridgehead atoms. The summed E-state index contributed by atoms with van der Waals surface area (Å²) in [6.07, 6.45) is 1.70. The lowest BCUT2D eigenvalue weighted by atomic mass is 10.0. The van der Waals surface area contributed by atoms with E-state index in [9.17, 15) is 10.1 Å². The van der Waals surface area contributed by atoms with E-state index >= 15 is 0 Å². The van der Waals surface area contributed by atoms with E-state index in [1.54, 1.807) is 11.6 Å². The number of nitriles is 1. The van der Waals surface area contributed by atoms with Crippen LogP contribution in [0, 0.1) is 11.3 Å². The van der Waals surface area contributed by atoms with Gasteiger partial charge in [0.2, 0.25) is 0 Å². The van der Waals surface area contributed by atoms with Crippen molar-refractivity contribution < 1.29 is 4.74 Å². The first-order valence-electron chi connectivity index (χ1n) is 9.37. The summed E-state index contributed by atoms with van der Waals surface area (Å²) in [6.45, 7) is 1.43. The third kappa shape index (κ3) is 3.85. The fraction of sp³-hybridized carbons (Fsp3) is 0.273. The number of fused-ring (bicyclic) bond motifs is 1. The number of pyridine rings is 1. The molecule has 0 N–H and O–H groups in total. The number of aryl methyl sites for hydroxylation is 1. The van der Waals surface area contributed by atoms with Gasteiger partial charge in [-0.3, -0.25) is 4.79 Å². The molecule has 29 heavy (non-hydrogen) atoms. The largest absolute Gasteiger partial charge is 0.490 e. The molecule has 148 valence electrons. The highest BCUT2D eigenvalue weighted by Gasteiger charge is 2.26. The highest BCUT2D eigenvalue weighted by atomic mass is 79.9. The number of nitrogens with zero attached hydrogens (tertiary/aromatic N) is 3. The summed E-state index contributed by atoms with van der Waals surface area (Å²) in [5, 5.41) is 11.3. The Morgan fingerprint density at radius 2 is 1.86 bits per heavy atom. The number of anilines is 1. The van der Waals surface area contributed by atoms with E-state index < -0.39 is 0 Å². The Labute approximate surface area is 182 Å². The minimum atomic E-state index is -0.271. The number of hydrogen-bond acceptors (Lipinski definition) is 4. The normalized spacial score (nSPS) is 14.8. The molecular formula is C22H19BrClN3O2. The predicted octanol–water partition coefficient (Wildman–Crippen LogP) is 4.87. The van der Waals surface area contributed by atoms with E-state index in [4.69, 9.17) is 16.3 Å². The lowest BCUT2D eigenvalue weighted by molar-refractivity contribution is 0.171. The van der Waals surface area contributed by atoms with Crippen molar-refractivity contribution in [1.29, 1.82) is 5.26 Å². The monoisotopic (exact) mass is 471 g/mol. The van der Waals surface area contributed by atoms with Gasteiger partial charge in [0.1, 0.15) is 23.5 Å². The molecule has 0 aliphatic carbocycles. The minimum Gasteiger partial charge on any atom is -0.490 e. The van der Waals surface area contributed by atoms with Crippen LogP contribution in [0.1, 0.15) is 18.4 Å². The number of piperidine rings is 1. The Hall–Kier alpha value is -2.49. The first kappa shape index (κ1) is 19.8. The SMILES string of the molecule is Cn1c(=O)c(C#N)c(N2CCC(Oc3ccc(Cl)cc3)CC2)c2ccc(Br)cc21. The van der Waals surface area contributed by atoms with Crippen molar-refractivity contribution in [3.63, 3.8) is 0 Å². The molecule has 1 fully saturated rings. The van der Waals surface area contributed by atoms with E-state index in [2.05, 4.69) is 26.9 Å². The van der Waals surface area contributed by atoms with Crippen LogP contribution in [-0.2, 0) is 7.05 Å². The van der Waals surface area contributed by atoms with Crippen molar-refractivity contribution in [1.82, 2.24) is 4.57 Å². The molecule has 0 spiro atoms. The second-order valence-electron chi connectivity index (χ2n) is 7.12. The second-order valence-corrected chi connectivity index (χ2v) is 8.47. The molecule has 1 aliphatic rings. The number of rotatable bonds is 3. The lowest BCUT2D eigenvalue weighted by Crippen LogP contribution is -2.40. The molecule has 0 atom stereocenters. The molecule has 0 saturated carbocycles. The fourth-order valence-electron chi connectivity index (χ4n) is 3.83. The third-order valence-corrected chi connectivity index (χ3v) is 6.06. The average molecular weight is 473 g/mol. The third-order valence-electron chi connectivity index (χ3n) is 5.32. The number of ether oxygens (including phenoxy) is 1. The van der Waals surface area contributed by atoms with Crippen molar-refractivity contribution in [3.8, 4) is 11.8 Å². The van der Waals surface area contributed by atoms with E-state index in [0.717, 1.165) is 39.7 Å². The van der Waals surface area contributed by atoms with E-state index in [1.807, 2.05) is 42.5 Å². The molecule has 5 nitrogen and oxygen atoms in total. The van der Waals surface area contributed by atoms with Gasteiger partial charge in [-0.2, -0.15) is 5.26 Å². The zero-order valence-electron chi connectivity index (χ0n) is 15.9. The predicted molar refractivity (Wildman–Crippen MR) is 119 cm³/mol. The van der Waals surface area contributed by atoms with E-state index in [0.29, 0.717) is 18.1 Å². The van der Waals surface area contributed by atoms with Gasteiger partial charge >= 0.3 is 0 Å². The van der Waals surface area contributed by atoms with Gasteiger partial charge in [0.15, 0.2) is 0 Å². The van der Waals surface area contributed by atoms with Crippen LogP contribution < -0.4 is 15.2 Å². The van der Waals surface area contributed by atoms with Crippen LogP contribution in [0.25, 0.3) is 10.9 Å². The standard InChI is InChI=1S/C22H19BrClN3O2/c1-26-20-12-14(23)2-7-18(20)21(19(13-25)22(26)28)27-10-8-17(9-11-27)29-16-5-3-15(24)4-6-16/h2-7,12,17H,8-11H2,1H3. The van der Waals surface area contributed by atoms with Gasteiger partial charge in [-0.15, -0.1) is 0 Å². The quantitative estimate of drug-likeness (QED) is 0.545. The molecule has 1 aromatic heterocycles. The Balaban J connectivity index is 1.63. The van der Waals surface area contributed by atoms with Crippen LogP contribution in [0.3, 0.4) is 0 Å². The molecule has 7 heteroatoms. The molecule has 0 amide bonds. The number of hydrogen-bond donors (Lipinski definition) is 0. The zero-order valence-corrected chi connectivity index (χ0v) is 18.2. The summed E-state index contributed by atoms with van der Waals surface area (Å²) in [5.74, 6) is 0.800. The number of halogens is 2. The zero-order chi connectivity index (χ0) is 20.5. The Morgan fingerprint density at radius 3 is 2.52 bits per heavy atom. The fourth-order valence-corrected chi connectivity index (χ4v) is 4.30. The van der Waals surface area contributed by atoms with Crippen molar-refractivity contribution >= 4 is 44.1 Å². The lowest BCUT2D eigenvalue weighted by Gasteiger charge is -2.35. The Bertz CT molecular complexity index is 1160. The van der Waals surface area contributed by atoms with Gasteiger partial charge in [0.05, 0.1) is 11.2 Å². The summed E-state index contributed by atoms with van der Waals surface area (Å²) >= 11 is 9.40. The van der Waals surface area contributed by atoms with Crippen molar-refractivity contribution in [3.05, 3.63) is 67.9 Å². The first-order valence-corrected chi connectivity index (χ1v) is 10.5. The van der Waals surface area contributed by atoms with Gasteiger partial charge in [0.25, 0.3) is 5.56 Å². The van der Waals surface area contributed by atoms with E-state index in [-0.39, 0.29) is 17.2 Å². The van der Waals surface area contributed by atoms with Crippen LogP contribution in [-0.4, -0.2) is 23.8 Å². The Kier molecular flexibility index (Phi) is 5.53. The van der Waals surface area contributed by atoms with Gasteiger partial charge in [-0.05, 0) is 42.5 Å². The highest BCUT2D eigenvalue weighted by molar-refractivity contribution is 9.10. The second kappa shape index (κ2) is 8.10. The summed E-state index contributed by atoms with van der Waals surface area (Å²) in [4.78, 5) is 14.9. The van der Waals surface area contributed by atoms with Gasteiger partial charge < -0.3 is 14.2 Å². The molecule has 2 aromatic carbocycles. The van der Waals surface area contributed by atoms with Crippen molar-refractivity contribution in [2.24, 2.45) is 7.05 Å². The maximum Gasteiger partial charge on any atom is 0.270 e. The molecular weight excluding hydrogens is 454 g/mol. The highest BCUT2D eigenvalue weighted by Crippen LogP contribution is 2.32. The minimum absolute atomic E-state index is 0.0879. The molecule has 0 unspecified atom stereocenters. The van der Waals surface area contributed by atoms with Gasteiger partial charge in [-0.1, -0.05) is 27.5 Å². The van der Waals surface area contributed by atoms with Gasteiger partial charge in [-0.25, -0.2) is 0 Å². The average Bonchev–Trinajstić information content (AvgIpc) is 2.73. The summed E-state index contributed by atoms with van der Waals surface area (Å²) in [7, 11) is 1.70. The molecule has 1 aliphatic heterocycles. The van der Waals surface area contributed by atoms with Crippen molar-refractivity contribution in [2.45, 2.75) is 18.9 Å². The van der Waals surface area contributed by atoms with Crippen LogP contribution >= 0.6 is 27.5 Å². The van der Waals surface area contributed by atoms with Crippen LogP contribution in [0.5, 0.6) is 5.75 Å². The first-order chi connectivity index (χ1) is 14.0. The van der Waals surface area contributed by atoms with Crippen molar-refractivity contribution in [2.75, 3.05) is 18.0 Å². The van der Waals surface area contributed by atoms with E-state index in [1.165, 1.54) is 0 Å². The molecule has 3 aromatic rings. The van der Waals surface area contributed by atoms with Crippen LogP contribution in [0.4, 0.5) is 5.69 Å². The van der Waals surface area contributed by atoms with Crippen LogP contribution in [0.15, 0.2) is 51.7 Å². The maximum atomic E-state index is 12.8.